The van der Waals surface area contributed by atoms with Crippen LogP contribution < -0.4 is 0 Å². The molecule has 0 aliphatic carbocycles. The molecular weight excluding hydrogens is 211 g/mol. The van der Waals surface area contributed by atoms with Crippen molar-refractivity contribution in [2.75, 3.05) is 6.66 Å². The standard InChI is InChI=1S/C15H33P/c1-6-10-12-14(8-3)16(5)15(9-4)13-11-7-2/h14-15H,6-13H2,1-5H3. The first kappa shape index (κ1) is 16.4. The largest absolute Gasteiger partial charge is 0.104 e. The lowest BCUT2D eigenvalue weighted by Crippen LogP contribution is -2.14. The van der Waals surface area contributed by atoms with E-state index in [2.05, 4.69) is 34.4 Å². The highest BCUT2D eigenvalue weighted by Gasteiger charge is 2.21. The van der Waals surface area contributed by atoms with Gasteiger partial charge in [-0.2, -0.15) is 0 Å². The minimum Gasteiger partial charge on any atom is -0.104 e. The molecule has 0 N–H and O–H groups in total. The predicted octanol–water partition coefficient (Wildman–Crippen LogP) is 6.04. The number of hydrogen-bond donors (Lipinski definition) is 0. The highest BCUT2D eigenvalue weighted by atomic mass is 31.1. The van der Waals surface area contributed by atoms with Gasteiger partial charge >= 0.3 is 0 Å². The molecule has 0 saturated heterocycles. The summed E-state index contributed by atoms with van der Waals surface area (Å²) in [6.07, 6.45) is 11.4. The second-order valence-electron chi connectivity index (χ2n) is 5.07. The van der Waals surface area contributed by atoms with E-state index in [1.807, 2.05) is 0 Å². The van der Waals surface area contributed by atoms with Gasteiger partial charge in [0, 0.05) is 0 Å². The van der Waals surface area contributed by atoms with Crippen LogP contribution in [0.25, 0.3) is 0 Å². The molecule has 0 heterocycles. The average molecular weight is 244 g/mol. The summed E-state index contributed by atoms with van der Waals surface area (Å²) in [5.74, 6) is 0. The van der Waals surface area contributed by atoms with Crippen LogP contribution in [-0.2, 0) is 0 Å². The minimum absolute atomic E-state index is 0.269. The Morgan fingerprint density at radius 3 is 1.38 bits per heavy atom. The number of hydrogen-bond acceptors (Lipinski definition) is 0. The molecule has 0 saturated carbocycles. The lowest BCUT2D eigenvalue weighted by Gasteiger charge is -2.31. The van der Waals surface area contributed by atoms with E-state index in [-0.39, 0.29) is 7.92 Å². The first-order chi connectivity index (χ1) is 7.71. The van der Waals surface area contributed by atoms with Gasteiger partial charge in [0.1, 0.15) is 0 Å². The third kappa shape index (κ3) is 6.24. The van der Waals surface area contributed by atoms with Gasteiger partial charge in [-0.3, -0.25) is 0 Å². The molecule has 0 radical (unpaired) electrons. The van der Waals surface area contributed by atoms with Crippen LogP contribution in [-0.4, -0.2) is 18.0 Å². The zero-order chi connectivity index (χ0) is 12.4. The maximum Gasteiger partial charge on any atom is -0.0212 e. The smallest absolute Gasteiger partial charge is 0.0212 e. The van der Waals surface area contributed by atoms with E-state index in [0.717, 1.165) is 11.3 Å². The Labute approximate surface area is 105 Å². The fourth-order valence-corrected chi connectivity index (χ4v) is 5.50. The molecule has 0 aromatic rings. The Morgan fingerprint density at radius 1 is 0.750 bits per heavy atom. The molecular formula is C15H33P. The summed E-state index contributed by atoms with van der Waals surface area (Å²) in [4.78, 5) is 0. The van der Waals surface area contributed by atoms with Crippen LogP contribution in [0.1, 0.15) is 79.1 Å². The van der Waals surface area contributed by atoms with Crippen LogP contribution in [0, 0.1) is 0 Å². The monoisotopic (exact) mass is 244 g/mol. The van der Waals surface area contributed by atoms with Crippen LogP contribution in [0.5, 0.6) is 0 Å². The summed E-state index contributed by atoms with van der Waals surface area (Å²) >= 11 is 0. The summed E-state index contributed by atoms with van der Waals surface area (Å²) in [7, 11) is 0.269. The summed E-state index contributed by atoms with van der Waals surface area (Å²) in [6.45, 7) is 12.0. The Hall–Kier alpha value is 0.430. The van der Waals surface area contributed by atoms with Crippen molar-refractivity contribution in [2.45, 2.75) is 90.4 Å². The minimum atomic E-state index is 0.269. The molecule has 0 nitrogen and oxygen atoms in total. The second kappa shape index (κ2) is 10.6. The lowest BCUT2D eigenvalue weighted by atomic mass is 10.1. The summed E-state index contributed by atoms with van der Waals surface area (Å²) in [5.41, 5.74) is 2.08. The fourth-order valence-electron chi connectivity index (χ4n) is 2.57. The van der Waals surface area contributed by atoms with Gasteiger partial charge in [0.2, 0.25) is 0 Å². The van der Waals surface area contributed by atoms with Gasteiger partial charge in [-0.1, -0.05) is 53.4 Å². The highest BCUT2D eigenvalue weighted by Crippen LogP contribution is 2.49. The molecule has 0 bridgehead atoms. The summed E-state index contributed by atoms with van der Waals surface area (Å²) in [6, 6.07) is 0. The molecule has 0 aromatic carbocycles. The molecule has 0 aliphatic rings. The predicted molar refractivity (Wildman–Crippen MR) is 80.1 cm³/mol. The Balaban J connectivity index is 4.14. The van der Waals surface area contributed by atoms with E-state index >= 15 is 0 Å². The molecule has 2 unspecified atom stereocenters. The van der Waals surface area contributed by atoms with Crippen LogP contribution in [0.4, 0.5) is 0 Å². The molecule has 0 spiro atoms. The van der Waals surface area contributed by atoms with E-state index < -0.39 is 0 Å². The number of rotatable bonds is 10. The van der Waals surface area contributed by atoms with Gasteiger partial charge in [0.15, 0.2) is 0 Å². The SMILES string of the molecule is CCCCC(CC)P(C)C(CC)CCCC. The summed E-state index contributed by atoms with van der Waals surface area (Å²) in [5, 5.41) is 0. The normalized spacial score (nSPS) is 17.1. The maximum absolute atomic E-state index is 2.57. The lowest BCUT2D eigenvalue weighted by molar-refractivity contribution is 0.630. The molecule has 2 atom stereocenters. The second-order valence-corrected chi connectivity index (χ2v) is 7.87. The van der Waals surface area contributed by atoms with Crippen molar-refractivity contribution in [2.24, 2.45) is 0 Å². The molecule has 0 rings (SSSR count). The zero-order valence-electron chi connectivity index (χ0n) is 12.3. The van der Waals surface area contributed by atoms with Gasteiger partial charge in [0.05, 0.1) is 0 Å². The van der Waals surface area contributed by atoms with Crippen LogP contribution in [0.15, 0.2) is 0 Å². The Morgan fingerprint density at radius 2 is 1.12 bits per heavy atom. The van der Waals surface area contributed by atoms with E-state index in [0.29, 0.717) is 0 Å². The van der Waals surface area contributed by atoms with E-state index in [1.165, 1.54) is 51.4 Å². The third-order valence-corrected chi connectivity index (χ3v) is 7.43. The highest BCUT2D eigenvalue weighted by molar-refractivity contribution is 7.58. The summed E-state index contributed by atoms with van der Waals surface area (Å²) < 4.78 is 0. The first-order valence-corrected chi connectivity index (χ1v) is 9.35. The van der Waals surface area contributed by atoms with E-state index in [9.17, 15) is 0 Å². The quantitative estimate of drug-likeness (QED) is 0.411. The fraction of sp³-hybridized carbons (Fsp3) is 1.00. The van der Waals surface area contributed by atoms with Crippen LogP contribution in [0.2, 0.25) is 0 Å². The van der Waals surface area contributed by atoms with E-state index in [4.69, 9.17) is 0 Å². The average Bonchev–Trinajstić information content (AvgIpc) is 2.31. The van der Waals surface area contributed by atoms with Gasteiger partial charge in [-0.05, 0) is 43.7 Å². The molecule has 1 heteroatoms. The van der Waals surface area contributed by atoms with Crippen molar-refractivity contribution >= 4 is 7.92 Å². The van der Waals surface area contributed by atoms with Gasteiger partial charge in [0.25, 0.3) is 0 Å². The molecule has 0 fully saturated rings. The van der Waals surface area contributed by atoms with Crippen LogP contribution in [0.3, 0.4) is 0 Å². The molecule has 16 heavy (non-hydrogen) atoms. The zero-order valence-corrected chi connectivity index (χ0v) is 13.2. The Bertz CT molecular complexity index is 128. The number of unbranched alkanes of at least 4 members (excludes halogenated alkanes) is 2. The van der Waals surface area contributed by atoms with Gasteiger partial charge < -0.3 is 0 Å². The van der Waals surface area contributed by atoms with Crippen LogP contribution >= 0.6 is 7.92 Å². The maximum atomic E-state index is 2.57. The van der Waals surface area contributed by atoms with E-state index in [1.54, 1.807) is 0 Å². The topological polar surface area (TPSA) is 0 Å². The molecule has 0 aliphatic heterocycles. The van der Waals surface area contributed by atoms with Crippen molar-refractivity contribution < 1.29 is 0 Å². The van der Waals surface area contributed by atoms with Crippen molar-refractivity contribution in [3.05, 3.63) is 0 Å². The van der Waals surface area contributed by atoms with Gasteiger partial charge in [-0.15, -0.1) is 7.92 Å². The Kier molecular flexibility index (Phi) is 10.9. The van der Waals surface area contributed by atoms with Crippen molar-refractivity contribution in [1.29, 1.82) is 0 Å². The van der Waals surface area contributed by atoms with Crippen molar-refractivity contribution in [3.63, 3.8) is 0 Å². The third-order valence-electron chi connectivity index (χ3n) is 3.88. The van der Waals surface area contributed by atoms with Crippen molar-refractivity contribution in [3.8, 4) is 0 Å². The molecule has 0 amide bonds. The molecule has 0 aromatic heterocycles. The van der Waals surface area contributed by atoms with Crippen molar-refractivity contribution in [1.82, 2.24) is 0 Å². The first-order valence-electron chi connectivity index (χ1n) is 7.43. The van der Waals surface area contributed by atoms with Gasteiger partial charge in [-0.25, -0.2) is 0 Å². The molecule has 98 valence electrons.